The number of amidine groups is 1. The number of nitrogens with zero attached hydrogens (tertiary/aromatic N) is 2. The zero-order valence-electron chi connectivity index (χ0n) is 8.45. The molecule has 0 spiro atoms. The van der Waals surface area contributed by atoms with Crippen molar-refractivity contribution < 1.29 is 4.79 Å². The van der Waals surface area contributed by atoms with Crippen molar-refractivity contribution in [3.63, 3.8) is 0 Å². The molecule has 2 amide bonds. The highest BCUT2D eigenvalue weighted by Crippen LogP contribution is 2.32. The second-order valence-electron chi connectivity index (χ2n) is 3.50. The molecule has 1 unspecified atom stereocenters. The summed E-state index contributed by atoms with van der Waals surface area (Å²) in [6.07, 6.45) is 0. The number of hydrogen-bond acceptors (Lipinski definition) is 2. The Kier molecular flexibility index (Phi) is 2.90. The van der Waals surface area contributed by atoms with Gasteiger partial charge in [-0.15, -0.1) is 0 Å². The Hall–Kier alpha value is -1.07. The fourth-order valence-corrected chi connectivity index (χ4v) is 2.25. The maximum Gasteiger partial charge on any atom is 0.345 e. The van der Waals surface area contributed by atoms with Gasteiger partial charge < -0.3 is 10.6 Å². The number of urea groups is 1. The van der Waals surface area contributed by atoms with Gasteiger partial charge >= 0.3 is 6.03 Å². The van der Waals surface area contributed by atoms with Gasteiger partial charge in [0, 0.05) is 22.1 Å². The highest BCUT2D eigenvalue weighted by atomic mass is 79.9. The average molecular weight is 303 g/mol. The Morgan fingerprint density at radius 2 is 2.25 bits per heavy atom. The SMILES string of the molecule is CN1C(=O)N=C(N)C1c1cc(Br)ccc1Cl. The zero-order chi connectivity index (χ0) is 11.9. The number of halogens is 2. The molecule has 0 fully saturated rings. The first-order valence-corrected chi connectivity index (χ1v) is 5.73. The van der Waals surface area contributed by atoms with Crippen LogP contribution in [0, 0.1) is 0 Å². The summed E-state index contributed by atoms with van der Waals surface area (Å²) in [4.78, 5) is 16.5. The van der Waals surface area contributed by atoms with Crippen LogP contribution in [0.15, 0.2) is 27.7 Å². The summed E-state index contributed by atoms with van der Waals surface area (Å²) < 4.78 is 0.882. The van der Waals surface area contributed by atoms with Crippen LogP contribution in [0.4, 0.5) is 4.79 Å². The lowest BCUT2D eigenvalue weighted by atomic mass is 10.1. The largest absolute Gasteiger partial charge is 0.385 e. The van der Waals surface area contributed by atoms with Gasteiger partial charge in [-0.1, -0.05) is 27.5 Å². The number of likely N-dealkylation sites (N-methyl/N-ethyl adjacent to an activating group) is 1. The van der Waals surface area contributed by atoms with E-state index >= 15 is 0 Å². The molecule has 1 aromatic carbocycles. The normalized spacial score (nSPS) is 20.2. The molecular weight excluding hydrogens is 293 g/mol. The van der Waals surface area contributed by atoms with Gasteiger partial charge in [-0.05, 0) is 18.2 Å². The number of hydrogen-bond donors (Lipinski definition) is 1. The molecule has 1 heterocycles. The third-order valence-corrected chi connectivity index (χ3v) is 3.28. The van der Waals surface area contributed by atoms with E-state index in [4.69, 9.17) is 17.3 Å². The quantitative estimate of drug-likeness (QED) is 0.867. The van der Waals surface area contributed by atoms with Gasteiger partial charge in [0.05, 0.1) is 0 Å². The van der Waals surface area contributed by atoms with E-state index in [1.54, 1.807) is 13.1 Å². The molecule has 1 aromatic rings. The van der Waals surface area contributed by atoms with E-state index < -0.39 is 0 Å². The first-order chi connectivity index (χ1) is 7.50. The number of nitrogens with two attached hydrogens (primary N) is 1. The highest BCUT2D eigenvalue weighted by Gasteiger charge is 2.32. The molecule has 16 heavy (non-hydrogen) atoms. The molecule has 0 aliphatic carbocycles. The minimum atomic E-state index is -0.377. The lowest BCUT2D eigenvalue weighted by molar-refractivity contribution is 0.218. The third kappa shape index (κ3) is 1.81. The van der Waals surface area contributed by atoms with Crippen molar-refractivity contribution in [2.24, 2.45) is 10.7 Å². The average Bonchev–Trinajstić information content (AvgIpc) is 2.46. The molecule has 4 nitrogen and oxygen atoms in total. The van der Waals surface area contributed by atoms with E-state index in [0.717, 1.165) is 10.0 Å². The van der Waals surface area contributed by atoms with Crippen molar-refractivity contribution in [1.29, 1.82) is 0 Å². The van der Waals surface area contributed by atoms with Gasteiger partial charge in [0.15, 0.2) is 0 Å². The van der Waals surface area contributed by atoms with E-state index in [1.807, 2.05) is 12.1 Å². The van der Waals surface area contributed by atoms with Gasteiger partial charge in [0.1, 0.15) is 11.9 Å². The van der Waals surface area contributed by atoms with Gasteiger partial charge in [-0.3, -0.25) is 0 Å². The van der Waals surface area contributed by atoms with Gasteiger partial charge in [-0.2, -0.15) is 4.99 Å². The van der Waals surface area contributed by atoms with Crippen LogP contribution in [-0.2, 0) is 0 Å². The second kappa shape index (κ2) is 4.07. The zero-order valence-corrected chi connectivity index (χ0v) is 10.8. The van der Waals surface area contributed by atoms with Crippen molar-refractivity contribution in [2.75, 3.05) is 7.05 Å². The number of aliphatic imine (C=N–C) groups is 1. The van der Waals surface area contributed by atoms with Gasteiger partial charge in [0.2, 0.25) is 0 Å². The molecule has 0 saturated carbocycles. The Morgan fingerprint density at radius 3 is 2.81 bits per heavy atom. The Balaban J connectivity index is 2.49. The lowest BCUT2D eigenvalue weighted by Gasteiger charge is -2.21. The monoisotopic (exact) mass is 301 g/mol. The summed E-state index contributed by atoms with van der Waals surface area (Å²) in [6, 6.07) is 4.70. The second-order valence-corrected chi connectivity index (χ2v) is 4.82. The molecule has 1 aliphatic rings. The van der Waals surface area contributed by atoms with Crippen LogP contribution < -0.4 is 5.73 Å². The smallest absolute Gasteiger partial charge is 0.345 e. The van der Waals surface area contributed by atoms with Gasteiger partial charge in [-0.25, -0.2) is 4.79 Å². The summed E-state index contributed by atoms with van der Waals surface area (Å²) in [5.74, 6) is 0.271. The molecule has 2 rings (SSSR count). The van der Waals surface area contributed by atoms with Crippen molar-refractivity contribution in [1.82, 2.24) is 4.90 Å². The number of benzene rings is 1. The van der Waals surface area contributed by atoms with Crippen LogP contribution in [-0.4, -0.2) is 23.8 Å². The minimum absolute atomic E-state index is 0.271. The van der Waals surface area contributed by atoms with Crippen LogP contribution >= 0.6 is 27.5 Å². The van der Waals surface area contributed by atoms with Crippen molar-refractivity contribution in [3.05, 3.63) is 33.3 Å². The van der Waals surface area contributed by atoms with Crippen molar-refractivity contribution in [2.45, 2.75) is 6.04 Å². The van der Waals surface area contributed by atoms with Crippen LogP contribution in [0.25, 0.3) is 0 Å². The van der Waals surface area contributed by atoms with E-state index in [1.165, 1.54) is 4.90 Å². The standard InChI is InChI=1S/C10H9BrClN3O/c1-15-8(9(13)14-10(15)16)6-4-5(11)2-3-7(6)12/h2-4,8H,1H3,(H2,13,14,16). The number of rotatable bonds is 1. The summed E-state index contributed by atoms with van der Waals surface area (Å²) in [5, 5.41) is 0.563. The topological polar surface area (TPSA) is 58.7 Å². The summed E-state index contributed by atoms with van der Waals surface area (Å²) in [7, 11) is 1.65. The molecular formula is C10H9BrClN3O. The molecule has 1 atom stereocenters. The Bertz CT molecular complexity index is 489. The summed E-state index contributed by atoms with van der Waals surface area (Å²) in [5.41, 5.74) is 6.49. The fourth-order valence-electron chi connectivity index (χ4n) is 1.65. The van der Waals surface area contributed by atoms with Crippen molar-refractivity contribution >= 4 is 39.4 Å². The third-order valence-electron chi connectivity index (χ3n) is 2.45. The van der Waals surface area contributed by atoms with Crippen LogP contribution in [0.2, 0.25) is 5.02 Å². The molecule has 2 N–H and O–H groups in total. The van der Waals surface area contributed by atoms with Crippen molar-refractivity contribution in [3.8, 4) is 0 Å². The predicted molar refractivity (Wildman–Crippen MR) is 66.7 cm³/mol. The summed E-state index contributed by atoms with van der Waals surface area (Å²) >= 11 is 9.44. The maximum atomic E-state index is 11.4. The van der Waals surface area contributed by atoms with Crippen LogP contribution in [0.1, 0.15) is 11.6 Å². The lowest BCUT2D eigenvalue weighted by Crippen LogP contribution is -2.30. The number of amides is 2. The Labute approximate surface area is 106 Å². The van der Waals surface area contributed by atoms with Crippen LogP contribution in [0.5, 0.6) is 0 Å². The number of carbonyl (C=O) groups is 1. The molecule has 0 saturated heterocycles. The number of carbonyl (C=O) groups excluding carboxylic acids is 1. The molecule has 0 bridgehead atoms. The van der Waals surface area contributed by atoms with E-state index in [-0.39, 0.29) is 17.9 Å². The molecule has 6 heteroatoms. The maximum absolute atomic E-state index is 11.4. The van der Waals surface area contributed by atoms with Crippen LogP contribution in [0.3, 0.4) is 0 Å². The first kappa shape index (κ1) is 11.4. The minimum Gasteiger partial charge on any atom is -0.385 e. The first-order valence-electron chi connectivity index (χ1n) is 4.56. The summed E-state index contributed by atoms with van der Waals surface area (Å²) in [6.45, 7) is 0. The van der Waals surface area contributed by atoms with Gasteiger partial charge in [0.25, 0.3) is 0 Å². The van der Waals surface area contributed by atoms with E-state index in [2.05, 4.69) is 20.9 Å². The van der Waals surface area contributed by atoms with E-state index in [9.17, 15) is 4.79 Å². The predicted octanol–water partition coefficient (Wildman–Crippen LogP) is 2.57. The molecule has 0 aromatic heterocycles. The van der Waals surface area contributed by atoms with E-state index in [0.29, 0.717) is 5.02 Å². The fraction of sp³-hybridized carbons (Fsp3) is 0.200. The molecule has 0 radical (unpaired) electrons. The molecule has 84 valence electrons. The Morgan fingerprint density at radius 1 is 1.56 bits per heavy atom. The molecule has 1 aliphatic heterocycles. The highest BCUT2D eigenvalue weighted by molar-refractivity contribution is 9.10.